The molecule has 2 aromatic rings. The van der Waals surface area contributed by atoms with Crippen molar-refractivity contribution in [2.45, 2.75) is 32.0 Å². The van der Waals surface area contributed by atoms with Crippen molar-refractivity contribution in [3.8, 4) is 11.5 Å². The van der Waals surface area contributed by atoms with Crippen LogP contribution in [0.25, 0.3) is 0 Å². The summed E-state index contributed by atoms with van der Waals surface area (Å²) in [5.74, 6) is 2.33. The van der Waals surface area contributed by atoms with Gasteiger partial charge in [-0.3, -0.25) is 0 Å². The number of benzene rings is 1. The number of thioether (sulfide) groups is 1. The van der Waals surface area contributed by atoms with Gasteiger partial charge in [0, 0.05) is 0 Å². The Kier molecular flexibility index (Phi) is 5.83. The van der Waals surface area contributed by atoms with E-state index in [9.17, 15) is 0 Å². The lowest BCUT2D eigenvalue weighted by Crippen LogP contribution is -2.06. The molecule has 0 N–H and O–H groups in total. The summed E-state index contributed by atoms with van der Waals surface area (Å²) in [5.41, 5.74) is 0.911. The molecule has 0 bridgehead atoms. The highest BCUT2D eigenvalue weighted by Gasteiger charge is 2.07. The zero-order chi connectivity index (χ0) is 15.9. The fourth-order valence-electron chi connectivity index (χ4n) is 1.77. The van der Waals surface area contributed by atoms with Gasteiger partial charge >= 0.3 is 0 Å². The van der Waals surface area contributed by atoms with Gasteiger partial charge in [-0.15, -0.1) is 10.2 Å². The van der Waals surface area contributed by atoms with Gasteiger partial charge in [0.1, 0.15) is 6.33 Å². The minimum absolute atomic E-state index is 0.0964. The molecule has 1 aromatic heterocycles. The van der Waals surface area contributed by atoms with E-state index in [0.717, 1.165) is 22.2 Å². The molecule has 0 amide bonds. The summed E-state index contributed by atoms with van der Waals surface area (Å²) < 4.78 is 12.7. The van der Waals surface area contributed by atoms with E-state index < -0.39 is 0 Å². The number of ether oxygens (including phenoxy) is 2. The first-order valence-electron chi connectivity index (χ1n) is 7.06. The molecule has 0 aliphatic rings. The quantitative estimate of drug-likeness (QED) is 0.579. The van der Waals surface area contributed by atoms with E-state index in [1.165, 1.54) is 0 Å². The first-order valence-corrected chi connectivity index (χ1v) is 8.04. The molecule has 6 nitrogen and oxygen atoms in total. The third kappa shape index (κ3) is 4.24. The molecule has 0 fully saturated rings. The van der Waals surface area contributed by atoms with Crippen molar-refractivity contribution in [3.05, 3.63) is 30.1 Å². The van der Waals surface area contributed by atoms with Crippen molar-refractivity contribution in [2.75, 3.05) is 12.9 Å². The van der Waals surface area contributed by atoms with Crippen LogP contribution in [0.15, 0.2) is 34.8 Å². The highest BCUT2D eigenvalue weighted by Crippen LogP contribution is 2.28. The van der Waals surface area contributed by atoms with Crippen LogP contribution in [0.1, 0.15) is 26.3 Å². The molecular formula is C15H20N4O2S. The van der Waals surface area contributed by atoms with Crippen LogP contribution in [-0.4, -0.2) is 40.1 Å². The number of rotatable bonds is 7. The van der Waals surface area contributed by atoms with Gasteiger partial charge in [-0.05, 0) is 43.4 Å². The molecule has 2 rings (SSSR count). The summed E-state index contributed by atoms with van der Waals surface area (Å²) in [4.78, 5) is 0. The smallest absolute Gasteiger partial charge is 0.211 e. The zero-order valence-electron chi connectivity index (χ0n) is 13.2. The van der Waals surface area contributed by atoms with Crippen molar-refractivity contribution in [1.29, 1.82) is 0 Å². The average Bonchev–Trinajstić information content (AvgIpc) is 2.93. The maximum Gasteiger partial charge on any atom is 0.211 e. The Labute approximate surface area is 134 Å². The lowest BCUT2D eigenvalue weighted by atomic mass is 10.2. The molecule has 0 aliphatic carbocycles. The molecule has 0 unspecified atom stereocenters. The average molecular weight is 320 g/mol. The van der Waals surface area contributed by atoms with Crippen molar-refractivity contribution in [3.63, 3.8) is 0 Å². The monoisotopic (exact) mass is 320 g/mol. The van der Waals surface area contributed by atoms with Crippen LogP contribution in [0.2, 0.25) is 0 Å². The summed E-state index contributed by atoms with van der Waals surface area (Å²) in [6, 6.07) is 5.70. The summed E-state index contributed by atoms with van der Waals surface area (Å²) in [5, 5.41) is 13.0. The van der Waals surface area contributed by atoms with Gasteiger partial charge in [0.2, 0.25) is 5.16 Å². The minimum atomic E-state index is 0.0964. The Hall–Kier alpha value is -2.02. The Morgan fingerprint density at radius 1 is 1.36 bits per heavy atom. The summed E-state index contributed by atoms with van der Waals surface area (Å²) >= 11 is 1.59. The molecule has 0 spiro atoms. The molecular weight excluding hydrogens is 300 g/mol. The van der Waals surface area contributed by atoms with E-state index in [4.69, 9.17) is 9.47 Å². The fraction of sp³-hybridized carbons (Fsp3) is 0.400. The van der Waals surface area contributed by atoms with Crippen LogP contribution >= 0.6 is 11.8 Å². The van der Waals surface area contributed by atoms with E-state index in [-0.39, 0.29) is 6.10 Å². The molecule has 0 saturated carbocycles. The highest BCUT2D eigenvalue weighted by atomic mass is 32.2. The van der Waals surface area contributed by atoms with Gasteiger partial charge in [-0.1, -0.05) is 18.7 Å². The third-order valence-corrected chi connectivity index (χ3v) is 3.47. The first kappa shape index (κ1) is 16.4. The van der Waals surface area contributed by atoms with Crippen LogP contribution < -0.4 is 9.47 Å². The largest absolute Gasteiger partial charge is 0.493 e. The lowest BCUT2D eigenvalue weighted by molar-refractivity contribution is 0.230. The van der Waals surface area contributed by atoms with Crippen molar-refractivity contribution in [1.82, 2.24) is 14.9 Å². The Bertz CT molecular complexity index is 640. The number of hydrogen-bond acceptors (Lipinski definition) is 6. The molecule has 0 saturated heterocycles. The van der Waals surface area contributed by atoms with Crippen molar-refractivity contribution in [2.24, 2.45) is 5.10 Å². The first-order chi connectivity index (χ1) is 10.6. The predicted octanol–water partition coefficient (Wildman–Crippen LogP) is 3.07. The molecule has 0 aliphatic heterocycles. The summed E-state index contributed by atoms with van der Waals surface area (Å²) in [7, 11) is 1.62. The van der Waals surface area contributed by atoms with Gasteiger partial charge in [-0.2, -0.15) is 9.78 Å². The van der Waals surface area contributed by atoms with E-state index in [2.05, 4.69) is 22.2 Å². The second kappa shape index (κ2) is 7.84. The molecule has 1 aromatic carbocycles. The maximum atomic E-state index is 5.69. The van der Waals surface area contributed by atoms with E-state index in [1.54, 1.807) is 36.1 Å². The molecule has 118 valence electrons. The van der Waals surface area contributed by atoms with Crippen molar-refractivity contribution < 1.29 is 9.47 Å². The van der Waals surface area contributed by atoms with Gasteiger partial charge in [0.25, 0.3) is 0 Å². The molecule has 1 heterocycles. The SMILES string of the molecule is CCSc1nncn1/N=C/c1ccc(OC(C)C)c(OC)c1. The lowest BCUT2D eigenvalue weighted by Gasteiger charge is -2.13. The van der Waals surface area contributed by atoms with Gasteiger partial charge in [0.15, 0.2) is 11.5 Å². The van der Waals surface area contributed by atoms with Crippen LogP contribution in [0.5, 0.6) is 11.5 Å². The normalized spacial score (nSPS) is 11.3. The molecule has 22 heavy (non-hydrogen) atoms. The Balaban J connectivity index is 2.18. The summed E-state index contributed by atoms with van der Waals surface area (Å²) in [6.07, 6.45) is 3.42. The predicted molar refractivity (Wildman–Crippen MR) is 88.2 cm³/mol. The molecule has 7 heteroatoms. The summed E-state index contributed by atoms with van der Waals surface area (Å²) in [6.45, 7) is 6.02. The topological polar surface area (TPSA) is 61.5 Å². The second-order valence-corrected chi connectivity index (χ2v) is 5.94. The van der Waals surface area contributed by atoms with E-state index in [0.29, 0.717) is 5.75 Å². The molecule has 0 radical (unpaired) electrons. The van der Waals surface area contributed by atoms with Gasteiger partial charge < -0.3 is 9.47 Å². The zero-order valence-corrected chi connectivity index (χ0v) is 14.0. The highest BCUT2D eigenvalue weighted by molar-refractivity contribution is 7.99. The maximum absolute atomic E-state index is 5.69. The Morgan fingerprint density at radius 3 is 2.86 bits per heavy atom. The number of nitrogens with zero attached hydrogens (tertiary/aromatic N) is 4. The van der Waals surface area contributed by atoms with Crippen molar-refractivity contribution >= 4 is 18.0 Å². The number of aromatic nitrogens is 3. The fourth-order valence-corrected chi connectivity index (χ4v) is 2.36. The minimum Gasteiger partial charge on any atom is -0.493 e. The molecule has 0 atom stereocenters. The second-order valence-electron chi connectivity index (χ2n) is 4.71. The van der Waals surface area contributed by atoms with Gasteiger partial charge in [0.05, 0.1) is 19.4 Å². The Morgan fingerprint density at radius 2 is 2.18 bits per heavy atom. The van der Waals surface area contributed by atoms with Crippen LogP contribution in [-0.2, 0) is 0 Å². The van der Waals surface area contributed by atoms with Crippen LogP contribution in [0.3, 0.4) is 0 Å². The van der Waals surface area contributed by atoms with Gasteiger partial charge in [-0.25, -0.2) is 0 Å². The van der Waals surface area contributed by atoms with Crippen LogP contribution in [0, 0.1) is 0 Å². The third-order valence-electron chi connectivity index (χ3n) is 2.66. The standard InChI is InChI=1S/C15H20N4O2S/c1-5-22-15-18-16-10-19(15)17-9-12-6-7-13(21-11(2)3)14(8-12)20-4/h6-11H,5H2,1-4H3/b17-9+. The number of hydrogen-bond donors (Lipinski definition) is 0. The van der Waals surface area contributed by atoms with Crippen LogP contribution in [0.4, 0.5) is 0 Å². The number of methoxy groups -OCH3 is 1. The van der Waals surface area contributed by atoms with E-state index in [1.807, 2.05) is 32.0 Å². The van der Waals surface area contributed by atoms with E-state index >= 15 is 0 Å².